The lowest BCUT2D eigenvalue weighted by atomic mass is 10.1. The summed E-state index contributed by atoms with van der Waals surface area (Å²) < 4.78 is 36.5. The second-order valence-electron chi connectivity index (χ2n) is 4.00. The Labute approximate surface area is 127 Å². The fraction of sp³-hybridized carbons (Fsp3) is 0.154. The van der Waals surface area contributed by atoms with Gasteiger partial charge in [-0.05, 0) is 18.6 Å². The first kappa shape index (κ1) is 17.0. The number of anilines is 1. The first-order chi connectivity index (χ1) is 10.3. The van der Waals surface area contributed by atoms with E-state index >= 15 is 0 Å². The minimum Gasteiger partial charge on any atom is -0.495 e. The van der Waals surface area contributed by atoms with Gasteiger partial charge >= 0.3 is 0 Å². The number of nitrogens with one attached hydrogen (secondary N) is 1. The molecule has 0 radical (unpaired) electrons. The van der Waals surface area contributed by atoms with Crippen molar-refractivity contribution in [3.8, 4) is 24.0 Å². The Morgan fingerprint density at radius 3 is 2.23 bits per heavy atom. The first-order valence-electron chi connectivity index (χ1n) is 5.66. The molecule has 8 nitrogen and oxygen atoms in total. The number of aryl methyl sites for hydroxylation is 1. The van der Waals surface area contributed by atoms with Crippen molar-refractivity contribution in [2.45, 2.75) is 11.8 Å². The quantitative estimate of drug-likeness (QED) is 0.626. The van der Waals surface area contributed by atoms with E-state index in [1.54, 1.807) is 18.2 Å². The Balaban J connectivity index is 3.48. The molecule has 0 spiro atoms. The average molecular weight is 318 g/mol. The van der Waals surface area contributed by atoms with E-state index in [4.69, 9.17) is 25.1 Å². The Bertz CT molecular complexity index is 851. The van der Waals surface area contributed by atoms with Gasteiger partial charge in [0, 0.05) is 11.8 Å². The van der Waals surface area contributed by atoms with Crippen LogP contribution in [0.4, 0.5) is 5.69 Å². The summed E-state index contributed by atoms with van der Waals surface area (Å²) in [7, 11) is -3.27. The summed E-state index contributed by atoms with van der Waals surface area (Å²) in [6.07, 6.45) is 0. The lowest BCUT2D eigenvalue weighted by molar-refractivity contribution is 0.397. The molecule has 0 amide bonds. The fourth-order valence-corrected chi connectivity index (χ4v) is 2.30. The number of hydrogen-bond donors (Lipinski definition) is 2. The lowest BCUT2D eigenvalue weighted by Gasteiger charge is -2.13. The van der Waals surface area contributed by atoms with Crippen LogP contribution in [0.2, 0.25) is 0 Å². The number of allylic oxidation sites excluding steroid dienone is 2. The van der Waals surface area contributed by atoms with Gasteiger partial charge in [-0.25, -0.2) is 0 Å². The van der Waals surface area contributed by atoms with Crippen LogP contribution in [0, 0.1) is 40.9 Å². The highest BCUT2D eigenvalue weighted by Crippen LogP contribution is 2.31. The SMILES string of the molecule is COc1cc(NC(C#N)=C(C#N)C#N)c(C)cc1S(=O)(=O)O. The number of hydrogen-bond acceptors (Lipinski definition) is 7. The molecule has 9 heteroatoms. The summed E-state index contributed by atoms with van der Waals surface area (Å²) in [5.74, 6) is -0.150. The standard InChI is InChI=1S/C13H10N4O4S/c1-8-3-13(22(18,19)20)12(21-2)4-10(8)17-11(7-16)9(5-14)6-15/h3-4,17H,1-2H3,(H,18,19,20). The second-order valence-corrected chi connectivity index (χ2v) is 5.39. The Morgan fingerprint density at radius 2 is 1.82 bits per heavy atom. The first-order valence-corrected chi connectivity index (χ1v) is 7.10. The number of nitriles is 3. The molecular formula is C13H10N4O4S. The van der Waals surface area contributed by atoms with Gasteiger partial charge in [0.25, 0.3) is 10.1 Å². The van der Waals surface area contributed by atoms with E-state index in [0.717, 1.165) is 6.07 Å². The van der Waals surface area contributed by atoms with Crippen LogP contribution >= 0.6 is 0 Å². The number of methoxy groups -OCH3 is 1. The van der Waals surface area contributed by atoms with Crippen molar-refractivity contribution in [3.63, 3.8) is 0 Å². The van der Waals surface area contributed by atoms with Crippen molar-refractivity contribution in [1.82, 2.24) is 0 Å². The number of nitrogens with zero attached hydrogens (tertiary/aromatic N) is 3. The predicted octanol–water partition coefficient (Wildman–Crippen LogP) is 1.49. The highest BCUT2D eigenvalue weighted by molar-refractivity contribution is 7.86. The Kier molecular flexibility index (Phi) is 5.09. The monoisotopic (exact) mass is 318 g/mol. The molecule has 0 bridgehead atoms. The summed E-state index contributed by atoms with van der Waals surface area (Å²) in [5.41, 5.74) is -0.0883. The topological polar surface area (TPSA) is 147 Å². The summed E-state index contributed by atoms with van der Waals surface area (Å²) in [4.78, 5) is -0.429. The van der Waals surface area contributed by atoms with Crippen molar-refractivity contribution in [1.29, 1.82) is 15.8 Å². The number of rotatable bonds is 4. The minimum absolute atomic E-state index is 0.150. The molecule has 0 heterocycles. The molecular weight excluding hydrogens is 308 g/mol. The van der Waals surface area contributed by atoms with E-state index in [1.165, 1.54) is 20.1 Å². The molecule has 0 aliphatic heterocycles. The van der Waals surface area contributed by atoms with Crippen molar-refractivity contribution in [2.24, 2.45) is 0 Å². The van der Waals surface area contributed by atoms with Crippen LogP contribution < -0.4 is 10.1 Å². The third-order valence-corrected chi connectivity index (χ3v) is 3.51. The van der Waals surface area contributed by atoms with Crippen molar-refractivity contribution < 1.29 is 17.7 Å². The van der Waals surface area contributed by atoms with Crippen LogP contribution in [0.25, 0.3) is 0 Å². The van der Waals surface area contributed by atoms with Gasteiger partial charge in [-0.2, -0.15) is 24.2 Å². The zero-order chi connectivity index (χ0) is 16.9. The molecule has 0 unspecified atom stereocenters. The van der Waals surface area contributed by atoms with Crippen LogP contribution in [0.1, 0.15) is 5.56 Å². The summed E-state index contributed by atoms with van der Waals surface area (Å²) in [6, 6.07) is 7.20. The van der Waals surface area contributed by atoms with E-state index in [2.05, 4.69) is 5.32 Å². The maximum atomic E-state index is 11.3. The van der Waals surface area contributed by atoms with Crippen LogP contribution in [0.3, 0.4) is 0 Å². The molecule has 0 aliphatic carbocycles. The van der Waals surface area contributed by atoms with Gasteiger partial charge in [0.05, 0.1) is 7.11 Å². The Hall–Kier alpha value is -3.06. The Morgan fingerprint density at radius 1 is 1.23 bits per heavy atom. The fourth-order valence-electron chi connectivity index (χ4n) is 1.58. The van der Waals surface area contributed by atoms with Crippen LogP contribution in [-0.2, 0) is 10.1 Å². The molecule has 22 heavy (non-hydrogen) atoms. The average Bonchev–Trinajstić information content (AvgIpc) is 2.47. The van der Waals surface area contributed by atoms with E-state index in [9.17, 15) is 8.42 Å². The summed E-state index contributed by atoms with van der Waals surface area (Å²) >= 11 is 0. The number of ether oxygens (including phenoxy) is 1. The van der Waals surface area contributed by atoms with Crippen molar-refractivity contribution in [2.75, 3.05) is 12.4 Å². The second kappa shape index (κ2) is 6.59. The minimum atomic E-state index is -4.48. The van der Waals surface area contributed by atoms with E-state index < -0.39 is 20.6 Å². The van der Waals surface area contributed by atoms with Gasteiger partial charge in [0.15, 0.2) is 5.57 Å². The molecule has 0 aliphatic rings. The van der Waals surface area contributed by atoms with Crippen molar-refractivity contribution >= 4 is 15.8 Å². The van der Waals surface area contributed by atoms with Crippen molar-refractivity contribution in [3.05, 3.63) is 29.0 Å². The molecule has 112 valence electrons. The number of benzene rings is 1. The molecule has 0 aromatic heterocycles. The predicted molar refractivity (Wildman–Crippen MR) is 75.0 cm³/mol. The van der Waals surface area contributed by atoms with Gasteiger partial charge in [0.2, 0.25) is 0 Å². The highest BCUT2D eigenvalue weighted by atomic mass is 32.2. The smallest absolute Gasteiger partial charge is 0.298 e. The normalized spacial score (nSPS) is 9.82. The molecule has 2 N–H and O–H groups in total. The third kappa shape index (κ3) is 3.53. The molecule has 1 rings (SSSR count). The molecule has 0 atom stereocenters. The van der Waals surface area contributed by atoms with Gasteiger partial charge in [-0.3, -0.25) is 4.55 Å². The van der Waals surface area contributed by atoms with Gasteiger partial charge in [0.1, 0.15) is 34.5 Å². The van der Waals surface area contributed by atoms with E-state index in [0.29, 0.717) is 5.56 Å². The summed E-state index contributed by atoms with van der Waals surface area (Å²) in [5, 5.41) is 29.1. The van der Waals surface area contributed by atoms with Gasteiger partial charge in [-0.1, -0.05) is 0 Å². The van der Waals surface area contributed by atoms with E-state index in [-0.39, 0.29) is 17.1 Å². The summed E-state index contributed by atoms with van der Waals surface area (Å²) in [6.45, 7) is 1.52. The molecule has 0 saturated carbocycles. The zero-order valence-electron chi connectivity index (χ0n) is 11.6. The molecule has 0 fully saturated rings. The van der Waals surface area contributed by atoms with Gasteiger partial charge in [-0.15, -0.1) is 0 Å². The van der Waals surface area contributed by atoms with Crippen LogP contribution in [-0.4, -0.2) is 20.1 Å². The maximum absolute atomic E-state index is 11.3. The van der Waals surface area contributed by atoms with E-state index in [1.807, 2.05) is 0 Å². The maximum Gasteiger partial charge on any atom is 0.298 e. The van der Waals surface area contributed by atoms with Gasteiger partial charge < -0.3 is 10.1 Å². The molecule has 0 saturated heterocycles. The zero-order valence-corrected chi connectivity index (χ0v) is 12.4. The lowest BCUT2D eigenvalue weighted by Crippen LogP contribution is -2.06. The highest BCUT2D eigenvalue weighted by Gasteiger charge is 2.19. The molecule has 1 aromatic carbocycles. The molecule has 1 aromatic rings. The third-order valence-electron chi connectivity index (χ3n) is 2.63. The largest absolute Gasteiger partial charge is 0.495 e. The van der Waals surface area contributed by atoms with Crippen LogP contribution in [0.15, 0.2) is 28.3 Å². The van der Waals surface area contributed by atoms with Crippen LogP contribution in [0.5, 0.6) is 5.75 Å².